The fourth-order valence-corrected chi connectivity index (χ4v) is 5.88. The summed E-state index contributed by atoms with van der Waals surface area (Å²) in [5.74, 6) is -2.44. The molecule has 1 aliphatic carbocycles. The second kappa shape index (κ2) is 14.0. The van der Waals surface area contributed by atoms with Gasteiger partial charge < -0.3 is 37.9 Å². The monoisotopic (exact) mass is 702 g/mol. The molecule has 4 aromatic rings. The van der Waals surface area contributed by atoms with Crippen LogP contribution in [-0.4, -0.2) is 63.2 Å². The van der Waals surface area contributed by atoms with Crippen LogP contribution in [0.25, 0.3) is 11.1 Å². The third-order valence-corrected chi connectivity index (χ3v) is 8.80. The van der Waals surface area contributed by atoms with E-state index >= 15 is 0 Å². The van der Waals surface area contributed by atoms with Crippen LogP contribution in [0.1, 0.15) is 59.5 Å². The third kappa shape index (κ3) is 7.89. The first-order chi connectivity index (χ1) is 24.4. The number of fused-ring (bicyclic) bond motifs is 3. The minimum absolute atomic E-state index is 0.0674. The van der Waals surface area contributed by atoms with E-state index in [9.17, 15) is 18.4 Å². The second-order valence-corrected chi connectivity index (χ2v) is 13.1. The van der Waals surface area contributed by atoms with Crippen molar-refractivity contribution < 1.29 is 56.3 Å². The van der Waals surface area contributed by atoms with Crippen molar-refractivity contribution in [2.24, 2.45) is 0 Å². The average molecular weight is 703 g/mol. The summed E-state index contributed by atoms with van der Waals surface area (Å²) < 4.78 is 73.5. The van der Waals surface area contributed by atoms with E-state index in [4.69, 9.17) is 37.9 Å². The second-order valence-electron chi connectivity index (χ2n) is 13.1. The number of hydrogen-bond acceptors (Lipinski definition) is 10. The van der Waals surface area contributed by atoms with Gasteiger partial charge in [-0.3, -0.25) is 0 Å². The van der Waals surface area contributed by atoms with Crippen molar-refractivity contribution in [3.05, 3.63) is 107 Å². The Morgan fingerprint density at radius 2 is 1.06 bits per heavy atom. The molecule has 0 bridgehead atoms. The summed E-state index contributed by atoms with van der Waals surface area (Å²) in [5.41, 5.74) is 2.40. The Morgan fingerprint density at radius 3 is 1.43 bits per heavy atom. The van der Waals surface area contributed by atoms with Gasteiger partial charge >= 0.3 is 11.9 Å². The molecule has 266 valence electrons. The van der Waals surface area contributed by atoms with Crippen molar-refractivity contribution in [1.82, 2.24) is 0 Å². The van der Waals surface area contributed by atoms with Crippen molar-refractivity contribution in [3.8, 4) is 34.1 Å². The Labute approximate surface area is 293 Å². The number of carbonyl (C=O) groups is 2. The predicted octanol–water partition coefficient (Wildman–Crippen LogP) is 6.99. The Morgan fingerprint density at radius 1 is 0.667 bits per heavy atom. The van der Waals surface area contributed by atoms with Gasteiger partial charge in [0.1, 0.15) is 46.8 Å². The lowest BCUT2D eigenvalue weighted by Gasteiger charge is -2.22. The first-order valence-corrected chi connectivity index (χ1v) is 16.6. The lowest BCUT2D eigenvalue weighted by Crippen LogP contribution is -2.19. The van der Waals surface area contributed by atoms with Crippen molar-refractivity contribution in [3.63, 3.8) is 0 Å². The maximum Gasteiger partial charge on any atom is 0.346 e. The summed E-state index contributed by atoms with van der Waals surface area (Å²) in [5, 5.41) is 0. The Balaban J connectivity index is 0.995. The van der Waals surface area contributed by atoms with Crippen LogP contribution in [0.4, 0.5) is 8.78 Å². The number of ether oxygens (including phenoxy) is 8. The maximum absolute atomic E-state index is 15.0. The zero-order chi connectivity index (χ0) is 35.9. The van der Waals surface area contributed by atoms with Gasteiger partial charge in [-0.2, -0.15) is 0 Å². The van der Waals surface area contributed by atoms with Gasteiger partial charge in [-0.1, -0.05) is 26.0 Å². The molecule has 0 radical (unpaired) electrons. The van der Waals surface area contributed by atoms with E-state index in [2.05, 4.69) is 0 Å². The van der Waals surface area contributed by atoms with Crippen LogP contribution < -0.4 is 18.9 Å². The minimum Gasteiger partial charge on any atom is -0.465 e. The van der Waals surface area contributed by atoms with Gasteiger partial charge in [-0.15, -0.1) is 0 Å². The molecule has 12 heteroatoms. The number of epoxide rings is 2. The largest absolute Gasteiger partial charge is 0.465 e. The highest BCUT2D eigenvalue weighted by Gasteiger charge is 2.37. The molecular weight excluding hydrogens is 666 g/mol. The van der Waals surface area contributed by atoms with E-state index in [0.717, 1.165) is 34.4 Å². The lowest BCUT2D eigenvalue weighted by molar-refractivity contribution is -0.0712. The number of esters is 2. The van der Waals surface area contributed by atoms with Crippen LogP contribution in [0.15, 0.2) is 72.8 Å². The van der Waals surface area contributed by atoms with Crippen LogP contribution in [0, 0.1) is 11.6 Å². The molecule has 2 fully saturated rings. The smallest absolute Gasteiger partial charge is 0.346 e. The Kier molecular flexibility index (Phi) is 9.51. The summed E-state index contributed by atoms with van der Waals surface area (Å²) >= 11 is 0. The summed E-state index contributed by atoms with van der Waals surface area (Å²) in [6, 6.07) is 18.2. The number of halogens is 2. The first kappa shape index (κ1) is 34.6. The molecule has 0 aromatic heterocycles. The van der Waals surface area contributed by atoms with Crippen LogP contribution in [0.3, 0.4) is 0 Å². The fourth-order valence-electron chi connectivity index (χ4n) is 5.88. The predicted molar refractivity (Wildman–Crippen MR) is 178 cm³/mol. The van der Waals surface area contributed by atoms with Gasteiger partial charge in [-0.05, 0) is 84.6 Å². The molecular formula is C39H36F2O10. The molecule has 51 heavy (non-hydrogen) atoms. The fraction of sp³-hybridized carbons (Fsp3) is 0.333. The highest BCUT2D eigenvalue weighted by atomic mass is 19.1. The van der Waals surface area contributed by atoms with Crippen LogP contribution in [0.2, 0.25) is 0 Å². The molecule has 3 aliphatic rings. The quantitative estimate of drug-likeness (QED) is 0.0590. The first-order valence-electron chi connectivity index (χ1n) is 16.6. The summed E-state index contributed by atoms with van der Waals surface area (Å²) in [4.78, 5) is 26.0. The molecule has 0 amide bonds. The average Bonchev–Trinajstić information content (AvgIpc) is 4.02. The standard InChI is InChI=1S/C39H36F2O10/c1-21(44-17-27-19-46-27)48-25-7-11-31(35(40)15-25)37(42)50-23-5-9-29-30-10-6-24(14-34(30)39(3,4)33(29)13-23)51-38(43)32-12-8-26(16-36(32)41)49-22(2)45-18-28-20-47-28/h5-16,21-22,27-28H,17-20H2,1-4H3. The molecule has 4 aromatic carbocycles. The molecule has 0 spiro atoms. The number of hydrogen-bond donors (Lipinski definition) is 0. The molecule has 4 atom stereocenters. The summed E-state index contributed by atoms with van der Waals surface area (Å²) in [6.07, 6.45) is -1.12. The number of carbonyl (C=O) groups excluding carboxylic acids is 2. The van der Waals surface area contributed by atoms with Gasteiger partial charge in [0.2, 0.25) is 0 Å². The molecule has 7 rings (SSSR count). The summed E-state index contributed by atoms with van der Waals surface area (Å²) in [6.45, 7) is 9.40. The normalized spacial score (nSPS) is 18.9. The molecule has 2 saturated heterocycles. The molecule has 2 heterocycles. The number of rotatable bonds is 14. The highest BCUT2D eigenvalue weighted by Crippen LogP contribution is 2.50. The van der Waals surface area contributed by atoms with E-state index in [-0.39, 0.29) is 46.3 Å². The highest BCUT2D eigenvalue weighted by molar-refractivity contribution is 5.93. The van der Waals surface area contributed by atoms with E-state index in [0.29, 0.717) is 26.4 Å². The van der Waals surface area contributed by atoms with Crippen LogP contribution >= 0.6 is 0 Å². The van der Waals surface area contributed by atoms with Crippen LogP contribution in [0.5, 0.6) is 23.0 Å². The number of benzene rings is 4. The van der Waals surface area contributed by atoms with Gasteiger partial charge in [0.05, 0.1) is 37.6 Å². The molecule has 0 N–H and O–H groups in total. The minimum atomic E-state index is -0.866. The van der Waals surface area contributed by atoms with E-state index in [1.165, 1.54) is 24.3 Å². The maximum atomic E-state index is 15.0. The molecule has 10 nitrogen and oxygen atoms in total. The van der Waals surface area contributed by atoms with Gasteiger partial charge in [0, 0.05) is 17.5 Å². The van der Waals surface area contributed by atoms with Crippen molar-refractivity contribution in [2.75, 3.05) is 26.4 Å². The van der Waals surface area contributed by atoms with Crippen molar-refractivity contribution >= 4 is 11.9 Å². The van der Waals surface area contributed by atoms with Gasteiger partial charge in [0.25, 0.3) is 0 Å². The Hall–Kier alpha value is -4.88. The Bertz CT molecular complexity index is 1830. The zero-order valence-corrected chi connectivity index (χ0v) is 28.4. The third-order valence-electron chi connectivity index (χ3n) is 8.80. The van der Waals surface area contributed by atoms with Crippen molar-refractivity contribution in [1.29, 1.82) is 0 Å². The van der Waals surface area contributed by atoms with Crippen LogP contribution in [-0.2, 0) is 24.4 Å². The van der Waals surface area contributed by atoms with Gasteiger partial charge in [0.15, 0.2) is 12.6 Å². The SMILES string of the molecule is CC(OCC1CO1)Oc1ccc(C(=O)Oc2ccc3c(c2)C(C)(C)c2cc(OC(=O)c4ccc(OC(C)OCC5CO5)cc4F)ccc2-3)c(F)c1. The van der Waals surface area contributed by atoms with Gasteiger partial charge in [-0.25, -0.2) is 18.4 Å². The lowest BCUT2D eigenvalue weighted by atomic mass is 9.82. The molecule has 4 unspecified atom stereocenters. The van der Waals surface area contributed by atoms with E-state index in [1.807, 2.05) is 26.0 Å². The topological polar surface area (TPSA) is 115 Å². The van der Waals surface area contributed by atoms with E-state index in [1.54, 1.807) is 38.1 Å². The summed E-state index contributed by atoms with van der Waals surface area (Å²) in [7, 11) is 0. The van der Waals surface area contributed by atoms with Crippen molar-refractivity contribution in [2.45, 2.75) is 57.9 Å². The zero-order valence-electron chi connectivity index (χ0n) is 28.4. The molecule has 2 aliphatic heterocycles. The van der Waals surface area contributed by atoms with E-state index < -0.39 is 41.6 Å². The molecule has 0 saturated carbocycles.